The summed E-state index contributed by atoms with van der Waals surface area (Å²) in [6.07, 6.45) is 3.37. The Morgan fingerprint density at radius 2 is 1.38 bits per heavy atom. The van der Waals surface area contributed by atoms with Gasteiger partial charge in [0.25, 0.3) is 0 Å². The number of fused-ring (bicyclic) bond motifs is 1. The largest absolute Gasteiger partial charge is 0.464 e. The van der Waals surface area contributed by atoms with Crippen LogP contribution in [-0.4, -0.2) is 31.2 Å². The Kier molecular flexibility index (Phi) is 3.43. The van der Waals surface area contributed by atoms with Gasteiger partial charge in [-0.25, -0.2) is 0 Å². The topological polar surface area (TPSA) is 78.6 Å². The first-order valence-electron chi connectivity index (χ1n) is 5.77. The van der Waals surface area contributed by atoms with Crippen LogP contribution in [0.1, 0.15) is 25.7 Å². The second-order valence-corrected chi connectivity index (χ2v) is 4.52. The van der Waals surface area contributed by atoms with Crippen molar-refractivity contribution in [1.29, 1.82) is 0 Å². The standard InChI is InChI=1S/C11H17NO4/c12-7-5-15-10(13)8-3-1-2-4-9(8)11(14)16-6-7/h7-9H,1-6,12H2/t8-,9-/m0/s1. The van der Waals surface area contributed by atoms with Crippen molar-refractivity contribution < 1.29 is 19.1 Å². The Labute approximate surface area is 94.3 Å². The fourth-order valence-electron chi connectivity index (χ4n) is 2.34. The zero-order valence-electron chi connectivity index (χ0n) is 9.19. The Hall–Kier alpha value is -1.10. The zero-order valence-corrected chi connectivity index (χ0v) is 9.19. The highest BCUT2D eigenvalue weighted by Gasteiger charge is 2.38. The average molecular weight is 227 g/mol. The van der Waals surface area contributed by atoms with Gasteiger partial charge in [-0.1, -0.05) is 12.8 Å². The van der Waals surface area contributed by atoms with Crippen LogP contribution in [0.15, 0.2) is 0 Å². The first-order chi connectivity index (χ1) is 7.68. The Balaban J connectivity index is 2.14. The molecule has 2 rings (SSSR count). The number of hydrogen-bond donors (Lipinski definition) is 1. The SMILES string of the molecule is NC1COC(=O)[C@H]2CCCC[C@@H]2C(=O)OC1. The number of esters is 2. The molecule has 1 heterocycles. The number of carbonyl (C=O) groups excluding carboxylic acids is 2. The molecule has 0 radical (unpaired) electrons. The molecule has 5 nitrogen and oxygen atoms in total. The van der Waals surface area contributed by atoms with Gasteiger partial charge >= 0.3 is 11.9 Å². The molecule has 2 fully saturated rings. The second-order valence-electron chi connectivity index (χ2n) is 4.52. The maximum atomic E-state index is 11.8. The van der Waals surface area contributed by atoms with Gasteiger partial charge in [-0.2, -0.15) is 0 Å². The average Bonchev–Trinajstić information content (AvgIpc) is 2.36. The van der Waals surface area contributed by atoms with E-state index in [-0.39, 0.29) is 37.0 Å². The third-order valence-electron chi connectivity index (χ3n) is 3.25. The summed E-state index contributed by atoms with van der Waals surface area (Å²) in [6.45, 7) is 0.269. The summed E-state index contributed by atoms with van der Waals surface area (Å²) >= 11 is 0. The highest BCUT2D eigenvalue weighted by Crippen LogP contribution is 2.32. The van der Waals surface area contributed by atoms with Gasteiger partial charge in [-0.3, -0.25) is 9.59 Å². The van der Waals surface area contributed by atoms with Crippen LogP contribution in [0.25, 0.3) is 0 Å². The van der Waals surface area contributed by atoms with E-state index in [1.807, 2.05) is 0 Å². The molecule has 0 spiro atoms. The van der Waals surface area contributed by atoms with Crippen LogP contribution in [-0.2, 0) is 19.1 Å². The van der Waals surface area contributed by atoms with Crippen LogP contribution in [0.2, 0.25) is 0 Å². The molecule has 90 valence electrons. The van der Waals surface area contributed by atoms with Crippen molar-refractivity contribution in [2.75, 3.05) is 13.2 Å². The van der Waals surface area contributed by atoms with E-state index in [0.717, 1.165) is 12.8 Å². The van der Waals surface area contributed by atoms with Crippen molar-refractivity contribution in [2.45, 2.75) is 31.7 Å². The third-order valence-corrected chi connectivity index (χ3v) is 3.25. The minimum absolute atomic E-state index is 0.134. The number of nitrogens with two attached hydrogens (primary N) is 1. The van der Waals surface area contributed by atoms with Gasteiger partial charge in [0.2, 0.25) is 0 Å². The molecule has 2 aliphatic rings. The first-order valence-corrected chi connectivity index (χ1v) is 5.77. The lowest BCUT2D eigenvalue weighted by Gasteiger charge is -2.26. The van der Waals surface area contributed by atoms with Crippen LogP contribution in [0.4, 0.5) is 0 Å². The lowest BCUT2D eigenvalue weighted by Crippen LogP contribution is -2.34. The fourth-order valence-corrected chi connectivity index (χ4v) is 2.34. The number of carbonyl (C=O) groups is 2. The summed E-state index contributed by atoms with van der Waals surface area (Å²) in [6, 6.07) is -0.409. The molecule has 0 bridgehead atoms. The summed E-state index contributed by atoms with van der Waals surface area (Å²) in [4.78, 5) is 23.5. The van der Waals surface area contributed by atoms with Crippen molar-refractivity contribution in [3.63, 3.8) is 0 Å². The van der Waals surface area contributed by atoms with Crippen molar-refractivity contribution >= 4 is 11.9 Å². The van der Waals surface area contributed by atoms with Crippen molar-refractivity contribution in [3.05, 3.63) is 0 Å². The molecular weight excluding hydrogens is 210 g/mol. The monoisotopic (exact) mass is 227 g/mol. The molecule has 1 aliphatic carbocycles. The molecule has 0 amide bonds. The molecule has 16 heavy (non-hydrogen) atoms. The molecule has 0 aromatic rings. The Bertz CT molecular complexity index is 264. The zero-order chi connectivity index (χ0) is 11.5. The summed E-state index contributed by atoms with van der Waals surface area (Å²) in [5.41, 5.74) is 5.63. The van der Waals surface area contributed by atoms with Crippen LogP contribution in [0, 0.1) is 11.8 Å². The highest BCUT2D eigenvalue weighted by molar-refractivity contribution is 5.82. The van der Waals surface area contributed by atoms with E-state index < -0.39 is 6.04 Å². The molecule has 0 aromatic heterocycles. The van der Waals surface area contributed by atoms with E-state index in [4.69, 9.17) is 15.2 Å². The number of hydrogen-bond acceptors (Lipinski definition) is 5. The van der Waals surface area contributed by atoms with E-state index in [1.54, 1.807) is 0 Å². The summed E-state index contributed by atoms with van der Waals surface area (Å²) in [5.74, 6) is -1.24. The lowest BCUT2D eigenvalue weighted by molar-refractivity contribution is -0.159. The predicted octanol–water partition coefficient (Wildman–Crippen LogP) is 0.220. The molecule has 2 N–H and O–H groups in total. The Morgan fingerprint density at radius 1 is 0.938 bits per heavy atom. The van der Waals surface area contributed by atoms with Gasteiger partial charge in [-0.05, 0) is 12.8 Å². The van der Waals surface area contributed by atoms with Crippen molar-refractivity contribution in [1.82, 2.24) is 0 Å². The van der Waals surface area contributed by atoms with Gasteiger partial charge in [0.05, 0.1) is 17.9 Å². The van der Waals surface area contributed by atoms with E-state index in [0.29, 0.717) is 12.8 Å². The van der Waals surface area contributed by atoms with E-state index in [9.17, 15) is 9.59 Å². The molecule has 1 aliphatic heterocycles. The maximum Gasteiger partial charge on any atom is 0.309 e. The smallest absolute Gasteiger partial charge is 0.309 e. The van der Waals surface area contributed by atoms with Crippen molar-refractivity contribution in [3.8, 4) is 0 Å². The molecule has 0 unspecified atom stereocenters. The molecule has 5 heteroatoms. The summed E-state index contributed by atoms with van der Waals surface area (Å²) in [7, 11) is 0. The van der Waals surface area contributed by atoms with Crippen molar-refractivity contribution in [2.24, 2.45) is 17.6 Å². The molecule has 2 atom stereocenters. The first kappa shape index (κ1) is 11.4. The second kappa shape index (κ2) is 4.82. The van der Waals surface area contributed by atoms with Crippen LogP contribution >= 0.6 is 0 Å². The quantitative estimate of drug-likeness (QED) is 0.599. The van der Waals surface area contributed by atoms with Gasteiger partial charge in [0.1, 0.15) is 13.2 Å². The summed E-state index contributed by atoms with van der Waals surface area (Å²) in [5, 5.41) is 0. The molecule has 1 saturated heterocycles. The summed E-state index contributed by atoms with van der Waals surface area (Å²) < 4.78 is 10.2. The molecule has 1 saturated carbocycles. The van der Waals surface area contributed by atoms with Crippen LogP contribution < -0.4 is 5.73 Å². The highest BCUT2D eigenvalue weighted by atomic mass is 16.6. The maximum absolute atomic E-state index is 11.8. The van der Waals surface area contributed by atoms with E-state index in [1.165, 1.54) is 0 Å². The van der Waals surface area contributed by atoms with E-state index in [2.05, 4.69) is 0 Å². The fraction of sp³-hybridized carbons (Fsp3) is 0.818. The van der Waals surface area contributed by atoms with Gasteiger partial charge in [-0.15, -0.1) is 0 Å². The van der Waals surface area contributed by atoms with E-state index >= 15 is 0 Å². The number of cyclic esters (lactones) is 2. The molecular formula is C11H17NO4. The van der Waals surface area contributed by atoms with Gasteiger partial charge in [0.15, 0.2) is 0 Å². The van der Waals surface area contributed by atoms with Crippen LogP contribution in [0.5, 0.6) is 0 Å². The lowest BCUT2D eigenvalue weighted by atomic mass is 9.79. The normalized spacial score (nSPS) is 32.8. The van der Waals surface area contributed by atoms with Crippen LogP contribution in [0.3, 0.4) is 0 Å². The van der Waals surface area contributed by atoms with Gasteiger partial charge in [0, 0.05) is 0 Å². The minimum Gasteiger partial charge on any atom is -0.464 e. The predicted molar refractivity (Wildman–Crippen MR) is 55.3 cm³/mol. The number of ether oxygens (including phenoxy) is 2. The minimum atomic E-state index is -0.409. The third kappa shape index (κ3) is 2.35. The Morgan fingerprint density at radius 3 is 1.81 bits per heavy atom. The molecule has 0 aromatic carbocycles. The van der Waals surface area contributed by atoms with Gasteiger partial charge < -0.3 is 15.2 Å². The number of rotatable bonds is 0.